The minimum atomic E-state index is -0.691. The van der Waals surface area contributed by atoms with Crippen molar-refractivity contribution >= 4 is 18.0 Å². The lowest BCUT2D eigenvalue weighted by Crippen LogP contribution is -2.68. The van der Waals surface area contributed by atoms with E-state index in [4.69, 9.17) is 9.47 Å². The van der Waals surface area contributed by atoms with Gasteiger partial charge in [0.15, 0.2) is 0 Å². The van der Waals surface area contributed by atoms with Crippen molar-refractivity contribution in [1.29, 1.82) is 0 Å². The van der Waals surface area contributed by atoms with Gasteiger partial charge in [-0.1, -0.05) is 0 Å². The number of ether oxygens (including phenoxy) is 2. The third-order valence-electron chi connectivity index (χ3n) is 5.61. The average Bonchev–Trinajstić information content (AvgIpc) is 2.45. The maximum absolute atomic E-state index is 13.0. The Kier molecular flexibility index (Phi) is 4.72. The largest absolute Gasteiger partial charge is 0.443 e. The standard InChI is InChI=1S/C20H32N2O5/c1-18(2,3)26-16(24)21-22(17(25)27-19(4,5)6)20-9-12-7-13(10-20)15(23)14(8-12)11-20/h12-14H,7-11H2,1-6H3,(H,21,24). The van der Waals surface area contributed by atoms with Crippen LogP contribution in [-0.2, 0) is 14.3 Å². The average molecular weight is 380 g/mol. The van der Waals surface area contributed by atoms with Gasteiger partial charge in [-0.15, -0.1) is 0 Å². The van der Waals surface area contributed by atoms with Crippen LogP contribution in [0.5, 0.6) is 0 Å². The number of carbonyl (C=O) groups is 3. The molecule has 7 heteroatoms. The molecule has 0 saturated heterocycles. The summed E-state index contributed by atoms with van der Waals surface area (Å²) in [4.78, 5) is 38.0. The van der Waals surface area contributed by atoms with Crippen molar-refractivity contribution in [3.63, 3.8) is 0 Å². The summed E-state index contributed by atoms with van der Waals surface area (Å²) in [5, 5.41) is 1.34. The van der Waals surface area contributed by atoms with Crippen LogP contribution in [0.15, 0.2) is 0 Å². The fraction of sp³-hybridized carbons (Fsp3) is 0.850. The second kappa shape index (κ2) is 6.38. The minimum absolute atomic E-state index is 0.0263. The van der Waals surface area contributed by atoms with Crippen LogP contribution in [0.1, 0.15) is 73.6 Å². The number of nitrogens with zero attached hydrogens (tertiary/aromatic N) is 1. The number of nitrogens with one attached hydrogen (secondary N) is 1. The molecule has 4 saturated carbocycles. The zero-order valence-corrected chi connectivity index (χ0v) is 17.3. The predicted octanol–water partition coefficient (Wildman–Crippen LogP) is 3.81. The highest BCUT2D eigenvalue weighted by molar-refractivity contribution is 5.86. The lowest BCUT2D eigenvalue weighted by Gasteiger charge is -2.58. The van der Waals surface area contributed by atoms with Gasteiger partial charge >= 0.3 is 12.2 Å². The maximum atomic E-state index is 13.0. The number of hydrogen-bond acceptors (Lipinski definition) is 5. The molecule has 2 atom stereocenters. The van der Waals surface area contributed by atoms with Gasteiger partial charge in [0, 0.05) is 11.8 Å². The van der Waals surface area contributed by atoms with Crippen molar-refractivity contribution in [2.75, 3.05) is 0 Å². The van der Waals surface area contributed by atoms with Crippen LogP contribution in [0, 0.1) is 17.8 Å². The first-order valence-electron chi connectivity index (χ1n) is 9.85. The van der Waals surface area contributed by atoms with E-state index in [1.807, 2.05) is 0 Å². The van der Waals surface area contributed by atoms with Crippen molar-refractivity contribution < 1.29 is 23.9 Å². The number of carbonyl (C=O) groups excluding carboxylic acids is 3. The summed E-state index contributed by atoms with van der Waals surface area (Å²) in [6, 6.07) is 0. The zero-order valence-electron chi connectivity index (χ0n) is 17.3. The molecular formula is C20H32N2O5. The molecule has 0 aromatic rings. The van der Waals surface area contributed by atoms with Gasteiger partial charge in [0.25, 0.3) is 0 Å². The lowest BCUT2D eigenvalue weighted by atomic mass is 9.52. The minimum Gasteiger partial charge on any atom is -0.443 e. The quantitative estimate of drug-likeness (QED) is 0.699. The Labute approximate surface area is 161 Å². The van der Waals surface area contributed by atoms with Crippen LogP contribution in [0.3, 0.4) is 0 Å². The van der Waals surface area contributed by atoms with E-state index in [0.717, 1.165) is 19.3 Å². The van der Waals surface area contributed by atoms with Gasteiger partial charge in [-0.2, -0.15) is 0 Å². The Morgan fingerprint density at radius 3 is 1.96 bits per heavy atom. The summed E-state index contributed by atoms with van der Waals surface area (Å²) in [7, 11) is 0. The highest BCUT2D eigenvalue weighted by Crippen LogP contribution is 2.56. The molecule has 0 aromatic carbocycles. The van der Waals surface area contributed by atoms with E-state index < -0.39 is 28.9 Å². The summed E-state index contributed by atoms with van der Waals surface area (Å²) >= 11 is 0. The molecule has 2 unspecified atom stereocenters. The van der Waals surface area contributed by atoms with Gasteiger partial charge in [0.2, 0.25) is 0 Å². The van der Waals surface area contributed by atoms with Crippen LogP contribution >= 0.6 is 0 Å². The summed E-state index contributed by atoms with van der Waals surface area (Å²) in [5.41, 5.74) is 0.704. The molecule has 4 fully saturated rings. The molecule has 0 radical (unpaired) electrons. The Bertz CT molecular complexity index is 628. The molecule has 152 valence electrons. The molecule has 0 aromatic heterocycles. The molecule has 0 aliphatic heterocycles. The maximum Gasteiger partial charge on any atom is 0.429 e. The number of hydrogen-bond donors (Lipinski definition) is 1. The fourth-order valence-electron chi connectivity index (χ4n) is 5.04. The van der Waals surface area contributed by atoms with Crippen LogP contribution < -0.4 is 5.43 Å². The smallest absolute Gasteiger partial charge is 0.429 e. The second-order valence-electron chi connectivity index (χ2n) is 10.4. The van der Waals surface area contributed by atoms with Gasteiger partial charge in [0.05, 0.1) is 5.54 Å². The summed E-state index contributed by atoms with van der Waals surface area (Å²) < 4.78 is 10.9. The van der Waals surface area contributed by atoms with E-state index in [9.17, 15) is 14.4 Å². The molecule has 4 rings (SSSR count). The summed E-state index contributed by atoms with van der Waals surface area (Å²) in [5.74, 6) is 0.678. The Balaban J connectivity index is 1.86. The first-order chi connectivity index (χ1) is 12.3. The highest BCUT2D eigenvalue weighted by atomic mass is 16.6. The molecule has 0 spiro atoms. The lowest BCUT2D eigenvalue weighted by molar-refractivity contribution is -0.153. The van der Waals surface area contributed by atoms with E-state index in [0.29, 0.717) is 24.5 Å². The van der Waals surface area contributed by atoms with E-state index in [-0.39, 0.29) is 11.8 Å². The Hall–Kier alpha value is -1.79. The summed E-state index contributed by atoms with van der Waals surface area (Å²) in [6.07, 6.45) is 2.44. The van der Waals surface area contributed by atoms with Crippen molar-refractivity contribution in [3.8, 4) is 0 Å². The van der Waals surface area contributed by atoms with Crippen molar-refractivity contribution in [1.82, 2.24) is 10.4 Å². The SMILES string of the molecule is CC(C)(C)OC(=O)NN(C(=O)OC(C)(C)C)C12CC3CC(C1)C(=O)C(C3)C2. The first kappa shape index (κ1) is 20.0. The van der Waals surface area contributed by atoms with E-state index >= 15 is 0 Å². The van der Waals surface area contributed by atoms with Gasteiger partial charge in [0.1, 0.15) is 17.0 Å². The molecule has 1 N–H and O–H groups in total. The van der Waals surface area contributed by atoms with Crippen LogP contribution in [0.25, 0.3) is 0 Å². The molecule has 7 nitrogen and oxygen atoms in total. The molecular weight excluding hydrogens is 348 g/mol. The first-order valence-corrected chi connectivity index (χ1v) is 9.85. The van der Waals surface area contributed by atoms with E-state index in [1.165, 1.54) is 5.01 Å². The van der Waals surface area contributed by atoms with Gasteiger partial charge in [-0.3, -0.25) is 4.79 Å². The zero-order chi connectivity index (χ0) is 20.2. The number of hydrazine groups is 1. The Morgan fingerprint density at radius 2 is 1.48 bits per heavy atom. The van der Waals surface area contributed by atoms with Crippen LogP contribution in [0.4, 0.5) is 9.59 Å². The van der Waals surface area contributed by atoms with Crippen molar-refractivity contribution in [3.05, 3.63) is 0 Å². The predicted molar refractivity (Wildman–Crippen MR) is 98.7 cm³/mol. The topological polar surface area (TPSA) is 84.9 Å². The molecule has 0 heterocycles. The molecule has 4 bridgehead atoms. The number of amides is 2. The van der Waals surface area contributed by atoms with E-state index in [2.05, 4.69) is 5.43 Å². The van der Waals surface area contributed by atoms with Crippen LogP contribution in [0.2, 0.25) is 0 Å². The fourth-order valence-corrected chi connectivity index (χ4v) is 5.04. The molecule has 27 heavy (non-hydrogen) atoms. The normalized spacial score (nSPS) is 32.2. The van der Waals surface area contributed by atoms with E-state index in [1.54, 1.807) is 41.5 Å². The number of rotatable bonds is 1. The number of Topliss-reactive ketones (excluding diaryl/α,β-unsaturated/α-hetero) is 1. The highest BCUT2D eigenvalue weighted by Gasteiger charge is 2.59. The van der Waals surface area contributed by atoms with Crippen molar-refractivity contribution in [2.24, 2.45) is 17.8 Å². The van der Waals surface area contributed by atoms with Crippen LogP contribution in [-0.4, -0.2) is 39.7 Å². The van der Waals surface area contributed by atoms with Gasteiger partial charge in [-0.25, -0.2) is 20.0 Å². The number of ketones is 1. The molecule has 4 aliphatic carbocycles. The van der Waals surface area contributed by atoms with Crippen molar-refractivity contribution in [2.45, 2.75) is 90.4 Å². The van der Waals surface area contributed by atoms with Gasteiger partial charge < -0.3 is 9.47 Å². The monoisotopic (exact) mass is 380 g/mol. The third-order valence-corrected chi connectivity index (χ3v) is 5.61. The molecule has 4 aliphatic rings. The Morgan fingerprint density at radius 1 is 0.963 bits per heavy atom. The summed E-state index contributed by atoms with van der Waals surface area (Å²) in [6.45, 7) is 10.7. The third kappa shape index (κ3) is 4.22. The molecule has 2 amide bonds. The van der Waals surface area contributed by atoms with Gasteiger partial charge in [-0.05, 0) is 79.6 Å². The second-order valence-corrected chi connectivity index (χ2v) is 10.4.